The van der Waals surface area contributed by atoms with Crippen LogP contribution in [0.3, 0.4) is 0 Å². The van der Waals surface area contributed by atoms with E-state index in [-0.39, 0.29) is 16.4 Å². The zero-order valence-electron chi connectivity index (χ0n) is 17.4. The maximum absolute atomic E-state index is 13.5. The Morgan fingerprint density at radius 3 is 2.66 bits per heavy atom. The van der Waals surface area contributed by atoms with E-state index in [0.29, 0.717) is 10.9 Å². The van der Waals surface area contributed by atoms with Crippen LogP contribution in [0, 0.1) is 0 Å². The Morgan fingerprint density at radius 1 is 1.19 bits per heavy atom. The molecule has 0 spiro atoms. The van der Waals surface area contributed by atoms with Gasteiger partial charge in [-0.2, -0.15) is 18.3 Å². The first kappa shape index (κ1) is 22.9. The number of hydrogen-bond acceptors (Lipinski definition) is 5. The minimum atomic E-state index is -4.47. The van der Waals surface area contributed by atoms with E-state index in [9.17, 15) is 13.2 Å². The summed E-state index contributed by atoms with van der Waals surface area (Å²) in [6.07, 6.45) is 2.99. The quantitative estimate of drug-likeness (QED) is 0.439. The number of thioether (sulfide) groups is 1. The van der Waals surface area contributed by atoms with Gasteiger partial charge in [0.05, 0.1) is 22.7 Å². The number of nitrogens with two attached hydrogens (primary N) is 1. The molecule has 1 fully saturated rings. The summed E-state index contributed by atoms with van der Waals surface area (Å²) in [6.45, 7) is 3.63. The fourth-order valence-corrected chi connectivity index (χ4v) is 5.10. The lowest BCUT2D eigenvalue weighted by Crippen LogP contribution is -2.29. The normalized spacial score (nSPS) is 16.3. The molecule has 1 atom stereocenters. The zero-order chi connectivity index (χ0) is 22.9. The van der Waals surface area contributed by atoms with Gasteiger partial charge in [0.25, 0.3) is 0 Å². The van der Waals surface area contributed by atoms with Crippen LogP contribution < -0.4 is 11.1 Å². The van der Waals surface area contributed by atoms with E-state index in [4.69, 9.17) is 17.3 Å². The summed E-state index contributed by atoms with van der Waals surface area (Å²) in [7, 11) is 0. The Hall–Kier alpha value is -2.23. The maximum Gasteiger partial charge on any atom is 0.416 e. The van der Waals surface area contributed by atoms with Gasteiger partial charge in [-0.3, -0.25) is 4.68 Å². The van der Waals surface area contributed by atoms with Gasteiger partial charge in [-0.15, -0.1) is 11.8 Å². The van der Waals surface area contributed by atoms with Crippen LogP contribution in [-0.4, -0.2) is 27.9 Å². The molecule has 32 heavy (non-hydrogen) atoms. The van der Waals surface area contributed by atoms with Crippen molar-refractivity contribution in [1.82, 2.24) is 20.1 Å². The Labute approximate surface area is 193 Å². The summed E-state index contributed by atoms with van der Waals surface area (Å²) in [5.74, 6) is 0.270. The average Bonchev–Trinajstić information content (AvgIpc) is 3.25. The fourth-order valence-electron chi connectivity index (χ4n) is 3.85. The molecule has 1 unspecified atom stereocenters. The molecule has 10 heteroatoms. The van der Waals surface area contributed by atoms with Gasteiger partial charge >= 0.3 is 6.18 Å². The molecule has 3 heterocycles. The molecule has 3 N–H and O–H groups in total. The fraction of sp³-hybridized carbons (Fsp3) is 0.364. The standard InChI is InChI=1S/C22H23ClF3N5S/c1-13(18-9-16(23)2-3-19(18)22(24,25)26)32-20-8-14(10-29-21(20)27)15-11-30-31(12-15)17-4-6-28-7-5-17/h2-3,8-13,17,28H,4-7H2,1H3,(H2,27,29). The third-order valence-corrected chi connectivity index (χ3v) is 6.98. The monoisotopic (exact) mass is 481 g/mol. The lowest BCUT2D eigenvalue weighted by molar-refractivity contribution is -0.138. The predicted molar refractivity (Wildman–Crippen MR) is 122 cm³/mol. The minimum absolute atomic E-state index is 0.110. The van der Waals surface area contributed by atoms with Crippen LogP contribution in [0.4, 0.5) is 19.0 Å². The molecule has 0 aliphatic carbocycles. The van der Waals surface area contributed by atoms with Crippen molar-refractivity contribution in [3.05, 3.63) is 59.0 Å². The molecule has 0 saturated carbocycles. The number of nitrogen functional groups attached to an aromatic ring is 1. The van der Waals surface area contributed by atoms with Gasteiger partial charge in [0, 0.05) is 33.8 Å². The largest absolute Gasteiger partial charge is 0.416 e. The van der Waals surface area contributed by atoms with Gasteiger partial charge < -0.3 is 11.1 Å². The molecule has 2 aromatic heterocycles. The lowest BCUT2D eigenvalue weighted by Gasteiger charge is -2.22. The molecule has 5 nitrogen and oxygen atoms in total. The van der Waals surface area contributed by atoms with Gasteiger partial charge in [0.2, 0.25) is 0 Å². The van der Waals surface area contributed by atoms with Crippen LogP contribution in [-0.2, 0) is 6.18 Å². The van der Waals surface area contributed by atoms with Gasteiger partial charge in [-0.05, 0) is 62.7 Å². The van der Waals surface area contributed by atoms with Crippen molar-refractivity contribution in [2.75, 3.05) is 18.8 Å². The summed E-state index contributed by atoms with van der Waals surface area (Å²) >= 11 is 7.21. The molecule has 0 bridgehead atoms. The molecule has 1 aliphatic rings. The summed E-state index contributed by atoms with van der Waals surface area (Å²) in [5.41, 5.74) is 7.18. The number of pyridine rings is 1. The van der Waals surface area contributed by atoms with Crippen LogP contribution >= 0.6 is 23.4 Å². The van der Waals surface area contributed by atoms with E-state index in [2.05, 4.69) is 15.4 Å². The second-order valence-electron chi connectivity index (χ2n) is 7.79. The van der Waals surface area contributed by atoms with Gasteiger partial charge in [-0.25, -0.2) is 4.98 Å². The highest BCUT2D eigenvalue weighted by atomic mass is 35.5. The van der Waals surface area contributed by atoms with E-state index in [1.807, 2.05) is 16.9 Å². The number of hydrogen-bond donors (Lipinski definition) is 2. The van der Waals surface area contributed by atoms with Crippen molar-refractivity contribution in [2.45, 2.75) is 42.1 Å². The molecule has 170 valence electrons. The Kier molecular flexibility index (Phi) is 6.69. The third-order valence-electron chi connectivity index (χ3n) is 5.56. The van der Waals surface area contributed by atoms with E-state index in [0.717, 1.165) is 43.1 Å². The number of aromatic nitrogens is 3. The summed E-state index contributed by atoms with van der Waals surface area (Å²) in [5, 5.41) is 7.56. The maximum atomic E-state index is 13.5. The Balaban J connectivity index is 1.59. The van der Waals surface area contributed by atoms with Crippen LogP contribution in [0.5, 0.6) is 0 Å². The molecule has 4 rings (SSSR count). The first-order chi connectivity index (χ1) is 15.2. The molecule has 1 aromatic carbocycles. The average molecular weight is 482 g/mol. The number of nitrogens with zero attached hydrogens (tertiary/aromatic N) is 3. The molecular formula is C22H23ClF3N5S. The number of nitrogens with one attached hydrogen (secondary N) is 1. The SMILES string of the molecule is CC(Sc1cc(-c2cnn(C3CCNCC3)c2)cnc1N)c1cc(Cl)ccc1C(F)(F)F. The van der Waals surface area contributed by atoms with Gasteiger partial charge in [0.15, 0.2) is 0 Å². The summed E-state index contributed by atoms with van der Waals surface area (Å²) in [6, 6.07) is 5.83. The number of benzene rings is 1. The molecule has 1 aliphatic heterocycles. The van der Waals surface area contributed by atoms with Crippen molar-refractivity contribution in [3.63, 3.8) is 0 Å². The van der Waals surface area contributed by atoms with Crippen LogP contribution in [0.2, 0.25) is 5.02 Å². The van der Waals surface area contributed by atoms with E-state index < -0.39 is 17.0 Å². The van der Waals surface area contributed by atoms with Crippen molar-refractivity contribution in [3.8, 4) is 11.1 Å². The first-order valence-electron chi connectivity index (χ1n) is 10.3. The Morgan fingerprint density at radius 2 is 1.94 bits per heavy atom. The Bertz CT molecular complexity index is 1100. The van der Waals surface area contributed by atoms with E-state index >= 15 is 0 Å². The number of alkyl halides is 3. The summed E-state index contributed by atoms with van der Waals surface area (Å²) in [4.78, 5) is 4.88. The van der Waals surface area contributed by atoms with Crippen LogP contribution in [0.25, 0.3) is 11.1 Å². The van der Waals surface area contributed by atoms with Crippen molar-refractivity contribution >= 4 is 29.2 Å². The van der Waals surface area contributed by atoms with Crippen LogP contribution in [0.15, 0.2) is 47.8 Å². The zero-order valence-corrected chi connectivity index (χ0v) is 18.9. The molecule has 0 radical (unpaired) electrons. The van der Waals surface area contributed by atoms with Gasteiger partial charge in [0.1, 0.15) is 5.82 Å². The second kappa shape index (κ2) is 9.33. The highest BCUT2D eigenvalue weighted by molar-refractivity contribution is 7.99. The van der Waals surface area contributed by atoms with E-state index in [1.54, 1.807) is 19.3 Å². The van der Waals surface area contributed by atoms with Crippen molar-refractivity contribution in [1.29, 1.82) is 0 Å². The highest BCUT2D eigenvalue weighted by Crippen LogP contribution is 2.44. The molecule has 3 aromatic rings. The highest BCUT2D eigenvalue weighted by Gasteiger charge is 2.35. The smallest absolute Gasteiger partial charge is 0.383 e. The van der Waals surface area contributed by atoms with Crippen LogP contribution in [0.1, 0.15) is 42.2 Å². The topological polar surface area (TPSA) is 68.8 Å². The van der Waals surface area contributed by atoms with Crippen molar-refractivity contribution in [2.24, 2.45) is 0 Å². The number of piperidine rings is 1. The molecule has 1 saturated heterocycles. The molecular weight excluding hydrogens is 459 g/mol. The number of rotatable bonds is 5. The van der Waals surface area contributed by atoms with Gasteiger partial charge in [-0.1, -0.05) is 11.6 Å². The molecule has 0 amide bonds. The number of anilines is 1. The minimum Gasteiger partial charge on any atom is -0.383 e. The first-order valence-corrected chi connectivity index (χ1v) is 11.5. The van der Waals surface area contributed by atoms with Crippen molar-refractivity contribution < 1.29 is 13.2 Å². The number of halogens is 4. The summed E-state index contributed by atoms with van der Waals surface area (Å²) < 4.78 is 42.5. The predicted octanol–water partition coefficient (Wildman–Crippen LogP) is 5.98. The second-order valence-corrected chi connectivity index (χ2v) is 9.61. The lowest BCUT2D eigenvalue weighted by atomic mass is 10.0. The van der Waals surface area contributed by atoms with E-state index in [1.165, 1.54) is 23.9 Å². The third kappa shape index (κ3) is 5.05.